The van der Waals surface area contributed by atoms with E-state index in [0.717, 1.165) is 6.42 Å². The Balaban J connectivity index is 1.88. The van der Waals surface area contributed by atoms with Crippen LogP contribution in [-0.4, -0.2) is 12.5 Å². The van der Waals surface area contributed by atoms with Gasteiger partial charge in [-0.1, -0.05) is 0 Å². The van der Waals surface area contributed by atoms with Crippen molar-refractivity contribution in [1.82, 2.24) is 5.32 Å². The van der Waals surface area contributed by atoms with Crippen molar-refractivity contribution in [3.8, 4) is 5.75 Å². The molecule has 0 fully saturated rings. The zero-order valence-corrected chi connectivity index (χ0v) is 11.8. The molecule has 114 valence electrons. The zero-order valence-electron chi connectivity index (χ0n) is 11.8. The van der Waals surface area contributed by atoms with Crippen LogP contribution < -0.4 is 14.8 Å². The first-order valence-electron chi connectivity index (χ1n) is 7.06. The summed E-state index contributed by atoms with van der Waals surface area (Å²) in [5.41, 5.74) is 0.602. The quantitative estimate of drug-likeness (QED) is 0.682. The largest absolute Gasteiger partial charge is 0.618 e. The highest BCUT2D eigenvalue weighted by atomic mass is 19.1. The van der Waals surface area contributed by atoms with Gasteiger partial charge in [0, 0.05) is 17.7 Å². The molecule has 1 N–H and O–H groups in total. The topological polar surface area (TPSA) is 65.3 Å². The molecule has 1 atom stereocenters. The maximum Gasteiger partial charge on any atom is 0.317 e. The Labute approximate surface area is 126 Å². The molecule has 0 aliphatic carbocycles. The lowest BCUT2D eigenvalue weighted by Gasteiger charge is -2.18. The second kappa shape index (κ2) is 6.01. The van der Waals surface area contributed by atoms with E-state index in [4.69, 9.17) is 4.74 Å². The third kappa shape index (κ3) is 2.86. The number of pyridine rings is 1. The second-order valence-corrected chi connectivity index (χ2v) is 5.11. The molecule has 0 saturated carbocycles. The summed E-state index contributed by atoms with van der Waals surface area (Å²) in [6.45, 7) is 0.512. The minimum Gasteiger partial charge on any atom is -0.618 e. The summed E-state index contributed by atoms with van der Waals surface area (Å²) in [7, 11) is 0. The molecule has 2 aromatic rings. The molecule has 0 saturated heterocycles. The minimum absolute atomic E-state index is 0.00520. The molecule has 0 bridgehead atoms. The zero-order chi connectivity index (χ0) is 15.5. The smallest absolute Gasteiger partial charge is 0.317 e. The molecule has 0 radical (unpaired) electrons. The van der Waals surface area contributed by atoms with E-state index in [1.807, 2.05) is 0 Å². The monoisotopic (exact) mass is 302 g/mol. The predicted molar refractivity (Wildman–Crippen MR) is 76.7 cm³/mol. The van der Waals surface area contributed by atoms with Crippen LogP contribution in [0.4, 0.5) is 4.39 Å². The van der Waals surface area contributed by atoms with E-state index in [2.05, 4.69) is 5.32 Å². The first-order chi connectivity index (χ1) is 10.6. The van der Waals surface area contributed by atoms with Crippen LogP contribution in [0.3, 0.4) is 0 Å². The number of rotatable bonds is 2. The summed E-state index contributed by atoms with van der Waals surface area (Å²) in [6, 6.07) is 8.48. The summed E-state index contributed by atoms with van der Waals surface area (Å²) in [5, 5.41) is 14.4. The SMILES string of the molecule is O=C(N[C@H]1CCCOc2ccc(F)cc21)c1cccc[n+]1[O-]. The summed E-state index contributed by atoms with van der Waals surface area (Å²) < 4.78 is 19.6. The number of halogens is 1. The van der Waals surface area contributed by atoms with Crippen molar-refractivity contribution in [2.75, 3.05) is 6.61 Å². The van der Waals surface area contributed by atoms with Crippen LogP contribution in [0.25, 0.3) is 0 Å². The van der Waals surface area contributed by atoms with Crippen LogP contribution in [0.15, 0.2) is 42.6 Å². The molecule has 1 aromatic carbocycles. The number of hydrogen-bond acceptors (Lipinski definition) is 3. The number of aromatic nitrogens is 1. The van der Waals surface area contributed by atoms with Gasteiger partial charge in [0.25, 0.3) is 5.69 Å². The molecule has 1 aromatic heterocycles. The van der Waals surface area contributed by atoms with Crippen molar-refractivity contribution in [3.05, 3.63) is 64.9 Å². The molecule has 3 rings (SSSR count). The van der Waals surface area contributed by atoms with Crippen molar-refractivity contribution in [1.29, 1.82) is 0 Å². The third-order valence-corrected chi connectivity index (χ3v) is 3.60. The van der Waals surface area contributed by atoms with E-state index in [9.17, 15) is 14.4 Å². The van der Waals surface area contributed by atoms with Gasteiger partial charge in [0.1, 0.15) is 11.6 Å². The number of amides is 1. The summed E-state index contributed by atoms with van der Waals surface area (Å²) >= 11 is 0. The highest BCUT2D eigenvalue weighted by Gasteiger charge is 2.25. The van der Waals surface area contributed by atoms with Crippen molar-refractivity contribution >= 4 is 5.91 Å². The highest BCUT2D eigenvalue weighted by molar-refractivity contribution is 5.91. The van der Waals surface area contributed by atoms with Gasteiger partial charge in [-0.05, 0) is 37.1 Å². The van der Waals surface area contributed by atoms with Gasteiger partial charge >= 0.3 is 5.91 Å². The Morgan fingerprint density at radius 2 is 2.23 bits per heavy atom. The van der Waals surface area contributed by atoms with Gasteiger partial charge in [0.05, 0.1) is 12.6 Å². The van der Waals surface area contributed by atoms with Crippen LogP contribution in [0.2, 0.25) is 0 Å². The van der Waals surface area contributed by atoms with Gasteiger partial charge in [0.2, 0.25) is 0 Å². The second-order valence-electron chi connectivity index (χ2n) is 5.11. The number of nitrogens with zero attached hydrogens (tertiary/aromatic N) is 1. The lowest BCUT2D eigenvalue weighted by atomic mass is 10.0. The van der Waals surface area contributed by atoms with E-state index in [1.54, 1.807) is 18.2 Å². The van der Waals surface area contributed by atoms with Crippen molar-refractivity contribution in [2.24, 2.45) is 0 Å². The first kappa shape index (κ1) is 14.3. The molecule has 1 aliphatic rings. The van der Waals surface area contributed by atoms with Gasteiger partial charge in [-0.2, -0.15) is 4.73 Å². The van der Waals surface area contributed by atoms with Crippen molar-refractivity contribution < 1.29 is 18.7 Å². The number of carbonyl (C=O) groups is 1. The number of hydrogen-bond donors (Lipinski definition) is 1. The summed E-state index contributed by atoms with van der Waals surface area (Å²) in [4.78, 5) is 12.3. The molecule has 6 heteroatoms. The van der Waals surface area contributed by atoms with E-state index in [-0.39, 0.29) is 17.6 Å². The molecule has 22 heavy (non-hydrogen) atoms. The highest BCUT2D eigenvalue weighted by Crippen LogP contribution is 2.32. The Morgan fingerprint density at radius 3 is 3.05 bits per heavy atom. The number of nitrogens with one attached hydrogen (secondary N) is 1. The van der Waals surface area contributed by atoms with Crippen molar-refractivity contribution in [3.63, 3.8) is 0 Å². The summed E-state index contributed by atoms with van der Waals surface area (Å²) in [6.07, 6.45) is 2.61. The Kier molecular flexibility index (Phi) is 3.91. The van der Waals surface area contributed by atoms with Crippen LogP contribution in [0, 0.1) is 11.0 Å². The van der Waals surface area contributed by atoms with E-state index >= 15 is 0 Å². The van der Waals surface area contributed by atoms with E-state index < -0.39 is 5.91 Å². The molecule has 0 spiro atoms. The molecule has 1 aliphatic heterocycles. The van der Waals surface area contributed by atoms with Crippen LogP contribution in [-0.2, 0) is 0 Å². The normalized spacial score (nSPS) is 17.0. The predicted octanol–water partition coefficient (Wildman–Crippen LogP) is 2.10. The Bertz CT molecular complexity index is 706. The van der Waals surface area contributed by atoms with E-state index in [1.165, 1.54) is 24.4 Å². The minimum atomic E-state index is -0.488. The first-order valence-corrected chi connectivity index (χ1v) is 7.06. The average molecular weight is 302 g/mol. The van der Waals surface area contributed by atoms with Crippen molar-refractivity contribution in [2.45, 2.75) is 18.9 Å². The maximum atomic E-state index is 13.5. The van der Waals surface area contributed by atoms with E-state index in [0.29, 0.717) is 29.1 Å². The Hall–Kier alpha value is -2.63. The fourth-order valence-corrected chi connectivity index (χ4v) is 2.53. The fourth-order valence-electron chi connectivity index (χ4n) is 2.53. The lowest BCUT2D eigenvalue weighted by Crippen LogP contribution is -2.40. The molecule has 2 heterocycles. The average Bonchev–Trinajstić information content (AvgIpc) is 2.70. The van der Waals surface area contributed by atoms with Gasteiger partial charge < -0.3 is 15.3 Å². The van der Waals surface area contributed by atoms with Gasteiger partial charge in [-0.3, -0.25) is 4.79 Å². The van der Waals surface area contributed by atoms with Crippen LogP contribution in [0.1, 0.15) is 34.9 Å². The third-order valence-electron chi connectivity index (χ3n) is 3.60. The lowest BCUT2D eigenvalue weighted by molar-refractivity contribution is -0.607. The van der Waals surface area contributed by atoms with Crippen LogP contribution >= 0.6 is 0 Å². The van der Waals surface area contributed by atoms with Gasteiger partial charge in [-0.15, -0.1) is 0 Å². The Morgan fingerprint density at radius 1 is 1.36 bits per heavy atom. The number of benzene rings is 1. The molecule has 5 nitrogen and oxygen atoms in total. The molecular formula is C16H15FN2O3. The number of carbonyl (C=O) groups excluding carboxylic acids is 1. The summed E-state index contributed by atoms with van der Waals surface area (Å²) in [5.74, 6) is -0.313. The molecular weight excluding hydrogens is 287 g/mol. The van der Waals surface area contributed by atoms with Gasteiger partial charge in [-0.25, -0.2) is 4.39 Å². The molecule has 0 unspecified atom stereocenters. The van der Waals surface area contributed by atoms with Gasteiger partial charge in [0.15, 0.2) is 6.20 Å². The number of ether oxygens (including phenoxy) is 1. The standard InChI is InChI=1S/C16H15FN2O3/c17-11-6-7-15-12(10-11)13(4-3-9-22-15)18-16(20)14-5-1-2-8-19(14)21/h1-2,5-8,10,13H,3-4,9H2,(H,18,20)/t13-/m0/s1. The number of fused-ring (bicyclic) bond motifs is 1. The molecule has 1 amide bonds. The maximum absolute atomic E-state index is 13.5. The fraction of sp³-hybridized carbons (Fsp3) is 0.250. The van der Waals surface area contributed by atoms with Crippen LogP contribution in [0.5, 0.6) is 5.75 Å².